The molecule has 0 saturated carbocycles. The van der Waals surface area contributed by atoms with Crippen LogP contribution in [0.25, 0.3) is 0 Å². The van der Waals surface area contributed by atoms with Gasteiger partial charge in [0.05, 0.1) is 17.7 Å². The molecule has 0 saturated heterocycles. The van der Waals surface area contributed by atoms with Crippen LogP contribution in [0.3, 0.4) is 0 Å². The number of hydrogen-bond donors (Lipinski definition) is 0. The summed E-state index contributed by atoms with van der Waals surface area (Å²) in [4.78, 5) is 37.7. The SMILES string of the molecule is CCC(C)OC(=O)C(C)N1C(=O)COc2ccc(C(=O)CCl)cc21. The van der Waals surface area contributed by atoms with E-state index in [9.17, 15) is 14.4 Å². The number of ether oxygens (including phenoxy) is 2. The maximum absolute atomic E-state index is 12.3. The van der Waals surface area contributed by atoms with Crippen molar-refractivity contribution in [2.75, 3.05) is 17.4 Å². The Morgan fingerprint density at radius 3 is 2.71 bits per heavy atom. The van der Waals surface area contributed by atoms with Crippen LogP contribution in [0, 0.1) is 0 Å². The van der Waals surface area contributed by atoms with Gasteiger partial charge in [-0.2, -0.15) is 0 Å². The Bertz CT molecular complexity index is 660. The van der Waals surface area contributed by atoms with Gasteiger partial charge in [0.1, 0.15) is 11.8 Å². The number of ketones is 1. The molecule has 24 heavy (non-hydrogen) atoms. The number of halogens is 1. The number of benzene rings is 1. The van der Waals surface area contributed by atoms with Crippen molar-refractivity contribution in [3.8, 4) is 5.75 Å². The van der Waals surface area contributed by atoms with Crippen LogP contribution in [0.1, 0.15) is 37.6 Å². The smallest absolute Gasteiger partial charge is 0.329 e. The van der Waals surface area contributed by atoms with E-state index in [0.29, 0.717) is 23.4 Å². The van der Waals surface area contributed by atoms with Crippen molar-refractivity contribution in [3.63, 3.8) is 0 Å². The molecule has 1 amide bonds. The minimum Gasteiger partial charge on any atom is -0.482 e. The first-order chi connectivity index (χ1) is 11.4. The average Bonchev–Trinajstić information content (AvgIpc) is 2.59. The van der Waals surface area contributed by atoms with Crippen LogP contribution in [0.4, 0.5) is 5.69 Å². The Kier molecular flexibility index (Phi) is 5.83. The molecule has 0 radical (unpaired) electrons. The van der Waals surface area contributed by atoms with Gasteiger partial charge in [0.2, 0.25) is 0 Å². The van der Waals surface area contributed by atoms with Crippen molar-refractivity contribution in [3.05, 3.63) is 23.8 Å². The maximum atomic E-state index is 12.3. The molecular weight excluding hydrogens is 334 g/mol. The largest absolute Gasteiger partial charge is 0.482 e. The van der Waals surface area contributed by atoms with Gasteiger partial charge < -0.3 is 9.47 Å². The summed E-state index contributed by atoms with van der Waals surface area (Å²) in [6, 6.07) is 3.88. The fourth-order valence-corrected chi connectivity index (χ4v) is 2.49. The summed E-state index contributed by atoms with van der Waals surface area (Å²) in [6.45, 7) is 5.11. The second-order valence-corrected chi connectivity index (χ2v) is 5.89. The number of esters is 1. The molecule has 0 fully saturated rings. The zero-order chi connectivity index (χ0) is 17.9. The highest BCUT2D eigenvalue weighted by Crippen LogP contribution is 2.34. The lowest BCUT2D eigenvalue weighted by Crippen LogP contribution is -2.49. The molecular formula is C17H20ClNO5. The highest BCUT2D eigenvalue weighted by atomic mass is 35.5. The van der Waals surface area contributed by atoms with E-state index in [1.165, 1.54) is 11.0 Å². The van der Waals surface area contributed by atoms with E-state index in [1.807, 2.05) is 6.92 Å². The van der Waals surface area contributed by atoms with Gasteiger partial charge in [-0.05, 0) is 38.5 Å². The molecule has 7 heteroatoms. The molecule has 0 aliphatic carbocycles. The van der Waals surface area contributed by atoms with Crippen LogP contribution in [0.5, 0.6) is 5.75 Å². The Hall–Kier alpha value is -2.08. The zero-order valence-electron chi connectivity index (χ0n) is 13.9. The van der Waals surface area contributed by atoms with Crippen LogP contribution >= 0.6 is 11.6 Å². The van der Waals surface area contributed by atoms with Gasteiger partial charge in [-0.15, -0.1) is 11.6 Å². The number of rotatable bonds is 6. The summed E-state index contributed by atoms with van der Waals surface area (Å²) in [7, 11) is 0. The van der Waals surface area contributed by atoms with E-state index in [1.54, 1.807) is 26.0 Å². The third-order valence-corrected chi connectivity index (χ3v) is 4.15. The van der Waals surface area contributed by atoms with Crippen molar-refractivity contribution in [1.82, 2.24) is 0 Å². The van der Waals surface area contributed by atoms with Gasteiger partial charge in [0.15, 0.2) is 12.4 Å². The zero-order valence-corrected chi connectivity index (χ0v) is 14.6. The van der Waals surface area contributed by atoms with Crippen LogP contribution in [0.15, 0.2) is 18.2 Å². The van der Waals surface area contributed by atoms with Crippen molar-refractivity contribution in [2.24, 2.45) is 0 Å². The number of nitrogens with zero attached hydrogens (tertiary/aromatic N) is 1. The summed E-state index contributed by atoms with van der Waals surface area (Å²) < 4.78 is 10.7. The Labute approximate surface area is 145 Å². The van der Waals surface area contributed by atoms with Gasteiger partial charge in [-0.3, -0.25) is 14.5 Å². The monoisotopic (exact) mass is 353 g/mol. The number of carbonyl (C=O) groups excluding carboxylic acids is 3. The first kappa shape index (κ1) is 18.3. The first-order valence-electron chi connectivity index (χ1n) is 7.77. The van der Waals surface area contributed by atoms with E-state index in [4.69, 9.17) is 21.1 Å². The highest BCUT2D eigenvalue weighted by Gasteiger charge is 2.34. The van der Waals surface area contributed by atoms with Crippen LogP contribution in [-0.4, -0.2) is 42.3 Å². The minimum absolute atomic E-state index is 0.167. The number of anilines is 1. The van der Waals surface area contributed by atoms with E-state index in [2.05, 4.69) is 0 Å². The van der Waals surface area contributed by atoms with E-state index >= 15 is 0 Å². The molecule has 0 bridgehead atoms. The quantitative estimate of drug-likeness (QED) is 0.446. The van der Waals surface area contributed by atoms with Crippen molar-refractivity contribution in [2.45, 2.75) is 39.3 Å². The predicted octanol–water partition coefficient (Wildman–Crippen LogP) is 2.56. The van der Waals surface area contributed by atoms with Crippen molar-refractivity contribution < 1.29 is 23.9 Å². The second kappa shape index (κ2) is 7.66. The fourth-order valence-electron chi connectivity index (χ4n) is 2.33. The number of amides is 1. The van der Waals surface area contributed by atoms with Crippen LogP contribution < -0.4 is 9.64 Å². The Balaban J connectivity index is 2.35. The normalized spacial score (nSPS) is 16.0. The molecule has 2 unspecified atom stereocenters. The molecule has 1 heterocycles. The summed E-state index contributed by atoms with van der Waals surface area (Å²) in [5.41, 5.74) is 0.727. The molecule has 2 atom stereocenters. The number of hydrogen-bond acceptors (Lipinski definition) is 5. The molecule has 0 N–H and O–H groups in total. The summed E-state index contributed by atoms with van der Waals surface area (Å²) in [5, 5.41) is 0. The third kappa shape index (κ3) is 3.70. The van der Waals surface area contributed by atoms with Gasteiger partial charge in [-0.25, -0.2) is 4.79 Å². The standard InChI is InChI=1S/C17H20ClNO5/c1-4-10(2)24-17(22)11(3)19-13-7-12(14(20)8-18)5-6-15(13)23-9-16(19)21/h5-7,10-11H,4,8-9H2,1-3H3. The fraction of sp³-hybridized carbons (Fsp3) is 0.471. The summed E-state index contributed by atoms with van der Waals surface area (Å²) in [5.74, 6) is -0.874. The first-order valence-corrected chi connectivity index (χ1v) is 8.31. The molecule has 130 valence electrons. The molecule has 0 spiro atoms. The van der Waals surface area contributed by atoms with E-state index < -0.39 is 12.0 Å². The molecule has 1 aromatic rings. The molecule has 1 aromatic carbocycles. The minimum atomic E-state index is -0.824. The molecule has 6 nitrogen and oxygen atoms in total. The maximum Gasteiger partial charge on any atom is 0.329 e. The Morgan fingerprint density at radius 2 is 2.08 bits per heavy atom. The van der Waals surface area contributed by atoms with Gasteiger partial charge in [-0.1, -0.05) is 6.92 Å². The van der Waals surface area contributed by atoms with E-state index in [-0.39, 0.29) is 30.3 Å². The van der Waals surface area contributed by atoms with Crippen LogP contribution in [0.2, 0.25) is 0 Å². The lowest BCUT2D eigenvalue weighted by atomic mass is 10.1. The lowest BCUT2D eigenvalue weighted by Gasteiger charge is -2.33. The highest BCUT2D eigenvalue weighted by molar-refractivity contribution is 6.30. The third-order valence-electron chi connectivity index (χ3n) is 3.90. The van der Waals surface area contributed by atoms with Gasteiger partial charge in [0.25, 0.3) is 5.91 Å². The summed E-state index contributed by atoms with van der Waals surface area (Å²) in [6.07, 6.45) is 0.445. The van der Waals surface area contributed by atoms with Crippen molar-refractivity contribution >= 4 is 34.9 Å². The molecule has 1 aliphatic rings. The number of alkyl halides is 1. The second-order valence-electron chi connectivity index (χ2n) is 5.62. The predicted molar refractivity (Wildman–Crippen MR) is 89.8 cm³/mol. The molecule has 0 aromatic heterocycles. The topological polar surface area (TPSA) is 72.9 Å². The molecule has 2 rings (SSSR count). The molecule has 1 aliphatic heterocycles. The average molecular weight is 354 g/mol. The Morgan fingerprint density at radius 1 is 1.38 bits per heavy atom. The van der Waals surface area contributed by atoms with E-state index in [0.717, 1.165) is 0 Å². The number of carbonyl (C=O) groups is 3. The van der Waals surface area contributed by atoms with Crippen LogP contribution in [-0.2, 0) is 14.3 Å². The van der Waals surface area contributed by atoms with Crippen molar-refractivity contribution in [1.29, 1.82) is 0 Å². The summed E-state index contributed by atoms with van der Waals surface area (Å²) >= 11 is 5.59. The number of Topliss-reactive ketones (excluding diaryl/α,β-unsaturated/α-hetero) is 1. The number of fused-ring (bicyclic) bond motifs is 1. The van der Waals surface area contributed by atoms with Gasteiger partial charge in [0, 0.05) is 5.56 Å². The van der Waals surface area contributed by atoms with Gasteiger partial charge >= 0.3 is 5.97 Å². The lowest BCUT2D eigenvalue weighted by molar-refractivity contribution is -0.150.